The van der Waals surface area contributed by atoms with Crippen LogP contribution in [0, 0.1) is 5.82 Å². The minimum atomic E-state index is -0.549. The number of hydrogen-bond donors (Lipinski definition) is 2. The van der Waals surface area contributed by atoms with Crippen LogP contribution >= 0.6 is 15.9 Å². The second-order valence-corrected chi connectivity index (χ2v) is 5.82. The summed E-state index contributed by atoms with van der Waals surface area (Å²) in [5, 5.41) is 0. The molecule has 2 aromatic heterocycles. The summed E-state index contributed by atoms with van der Waals surface area (Å²) < 4.78 is 14.2. The van der Waals surface area contributed by atoms with E-state index in [4.69, 9.17) is 11.5 Å². The Labute approximate surface area is 151 Å². The van der Waals surface area contributed by atoms with Crippen molar-refractivity contribution in [3.8, 4) is 11.3 Å². The average Bonchev–Trinajstić information content (AvgIpc) is 2.60. The van der Waals surface area contributed by atoms with Gasteiger partial charge >= 0.3 is 0 Å². The molecule has 0 fully saturated rings. The van der Waals surface area contributed by atoms with Gasteiger partial charge in [-0.15, -0.1) is 0 Å². The molecule has 0 spiro atoms. The number of benzene rings is 1. The first-order valence-corrected chi connectivity index (χ1v) is 7.99. The number of nitrogen functional groups attached to an aromatic ring is 1. The molecule has 2 heterocycles. The van der Waals surface area contributed by atoms with Crippen molar-refractivity contribution in [2.45, 2.75) is 6.42 Å². The van der Waals surface area contributed by atoms with E-state index in [9.17, 15) is 4.39 Å². The standard InChI is InChI=1S/C16H13BrFN7/c17-13-14(9-4-2-1-3-5-9)24-16(20)25-15(13)23-12(19)6-11-10(18)7-21-8-22-11/h1-5,7-8H,6H2,(H4,19,20,23,24,25). The summed E-state index contributed by atoms with van der Waals surface area (Å²) in [4.78, 5) is 20.0. The molecule has 0 saturated heterocycles. The molecule has 1 aromatic carbocycles. The van der Waals surface area contributed by atoms with E-state index in [0.29, 0.717) is 10.2 Å². The van der Waals surface area contributed by atoms with Crippen molar-refractivity contribution in [1.82, 2.24) is 19.9 Å². The second-order valence-electron chi connectivity index (χ2n) is 5.03. The van der Waals surface area contributed by atoms with Gasteiger partial charge in [0, 0.05) is 5.56 Å². The predicted molar refractivity (Wildman–Crippen MR) is 96.6 cm³/mol. The fourth-order valence-corrected chi connectivity index (χ4v) is 2.62. The van der Waals surface area contributed by atoms with Crippen molar-refractivity contribution in [3.05, 3.63) is 58.8 Å². The summed E-state index contributed by atoms with van der Waals surface area (Å²) in [5.74, 6) is -0.0950. The maximum Gasteiger partial charge on any atom is 0.222 e. The van der Waals surface area contributed by atoms with Gasteiger partial charge in [-0.25, -0.2) is 24.3 Å². The SMILES string of the molecule is NC(Cc1ncncc1F)=Nc1nc(N)nc(-c2ccccc2)c1Br. The Kier molecular flexibility index (Phi) is 4.94. The minimum absolute atomic E-state index is 0.0192. The van der Waals surface area contributed by atoms with Gasteiger partial charge in [-0.1, -0.05) is 30.3 Å². The number of rotatable bonds is 4. The minimum Gasteiger partial charge on any atom is -0.387 e. The molecule has 0 aliphatic rings. The van der Waals surface area contributed by atoms with Crippen molar-refractivity contribution in [2.75, 3.05) is 5.73 Å². The van der Waals surface area contributed by atoms with E-state index in [-0.39, 0.29) is 29.7 Å². The third kappa shape index (κ3) is 3.94. The topological polar surface area (TPSA) is 116 Å². The lowest BCUT2D eigenvalue weighted by Gasteiger charge is -2.08. The zero-order valence-corrected chi connectivity index (χ0v) is 14.5. The summed E-state index contributed by atoms with van der Waals surface area (Å²) in [6.07, 6.45) is 2.34. The third-order valence-corrected chi connectivity index (χ3v) is 3.97. The number of hydrogen-bond acceptors (Lipinski definition) is 6. The molecule has 0 bridgehead atoms. The Morgan fingerprint density at radius 3 is 2.68 bits per heavy atom. The molecule has 3 rings (SSSR count). The summed E-state index contributed by atoms with van der Waals surface area (Å²) in [6.45, 7) is 0. The highest BCUT2D eigenvalue weighted by molar-refractivity contribution is 9.10. The predicted octanol–water partition coefficient (Wildman–Crippen LogP) is 2.65. The van der Waals surface area contributed by atoms with Crippen molar-refractivity contribution in [3.63, 3.8) is 0 Å². The highest BCUT2D eigenvalue weighted by atomic mass is 79.9. The van der Waals surface area contributed by atoms with Crippen LogP contribution in [0.15, 0.2) is 52.3 Å². The number of aliphatic imine (C=N–C) groups is 1. The second kappa shape index (κ2) is 7.31. The summed E-state index contributed by atoms with van der Waals surface area (Å²) in [6, 6.07) is 9.44. The van der Waals surface area contributed by atoms with Crippen LogP contribution in [0.5, 0.6) is 0 Å². The Hall–Kier alpha value is -2.94. The number of anilines is 1. The number of halogens is 2. The molecular formula is C16H13BrFN7. The van der Waals surface area contributed by atoms with Crippen LogP contribution in [-0.2, 0) is 6.42 Å². The number of nitrogens with two attached hydrogens (primary N) is 2. The first kappa shape index (κ1) is 16.9. The number of nitrogens with zero attached hydrogens (tertiary/aromatic N) is 5. The molecule has 4 N–H and O–H groups in total. The van der Waals surface area contributed by atoms with E-state index in [0.717, 1.165) is 11.8 Å². The molecule has 0 aliphatic heterocycles. The van der Waals surface area contributed by atoms with Crippen molar-refractivity contribution >= 4 is 33.5 Å². The van der Waals surface area contributed by atoms with Gasteiger partial charge < -0.3 is 11.5 Å². The van der Waals surface area contributed by atoms with E-state index in [1.54, 1.807) is 0 Å². The molecule has 0 saturated carbocycles. The molecule has 126 valence electrons. The van der Waals surface area contributed by atoms with E-state index in [1.165, 1.54) is 6.33 Å². The van der Waals surface area contributed by atoms with Crippen LogP contribution in [0.1, 0.15) is 5.69 Å². The van der Waals surface area contributed by atoms with Crippen LogP contribution in [0.25, 0.3) is 11.3 Å². The first-order chi connectivity index (χ1) is 12.0. The summed E-state index contributed by atoms with van der Waals surface area (Å²) in [5.41, 5.74) is 13.3. The molecule has 0 amide bonds. The highest BCUT2D eigenvalue weighted by Gasteiger charge is 2.14. The largest absolute Gasteiger partial charge is 0.387 e. The smallest absolute Gasteiger partial charge is 0.222 e. The van der Waals surface area contributed by atoms with E-state index < -0.39 is 5.82 Å². The van der Waals surface area contributed by atoms with Gasteiger partial charge in [-0.05, 0) is 15.9 Å². The fourth-order valence-electron chi connectivity index (χ4n) is 2.13. The Morgan fingerprint density at radius 2 is 1.96 bits per heavy atom. The lowest BCUT2D eigenvalue weighted by Crippen LogP contribution is -2.17. The molecule has 25 heavy (non-hydrogen) atoms. The highest BCUT2D eigenvalue weighted by Crippen LogP contribution is 2.33. The molecule has 0 atom stereocenters. The van der Waals surface area contributed by atoms with Crippen molar-refractivity contribution in [2.24, 2.45) is 10.7 Å². The molecule has 0 radical (unpaired) electrons. The molecular weight excluding hydrogens is 389 g/mol. The molecule has 9 heteroatoms. The summed E-state index contributed by atoms with van der Waals surface area (Å²) >= 11 is 3.44. The monoisotopic (exact) mass is 401 g/mol. The Morgan fingerprint density at radius 1 is 1.20 bits per heavy atom. The van der Waals surface area contributed by atoms with Gasteiger partial charge in [0.05, 0.1) is 28.5 Å². The van der Waals surface area contributed by atoms with E-state index in [1.807, 2.05) is 30.3 Å². The zero-order chi connectivity index (χ0) is 17.8. The van der Waals surface area contributed by atoms with Crippen LogP contribution in [0.2, 0.25) is 0 Å². The lowest BCUT2D eigenvalue weighted by molar-refractivity contribution is 0.598. The normalized spacial score (nSPS) is 11.5. The Balaban J connectivity index is 1.97. The van der Waals surface area contributed by atoms with Crippen LogP contribution < -0.4 is 11.5 Å². The number of amidine groups is 1. The number of aromatic nitrogens is 4. The first-order valence-electron chi connectivity index (χ1n) is 7.20. The van der Waals surface area contributed by atoms with Crippen molar-refractivity contribution in [1.29, 1.82) is 0 Å². The maximum absolute atomic E-state index is 13.6. The van der Waals surface area contributed by atoms with Gasteiger partial charge in [0.2, 0.25) is 5.95 Å². The average molecular weight is 402 g/mol. The van der Waals surface area contributed by atoms with Crippen LogP contribution in [0.3, 0.4) is 0 Å². The van der Waals surface area contributed by atoms with Crippen LogP contribution in [0.4, 0.5) is 16.2 Å². The fraction of sp³-hybridized carbons (Fsp3) is 0.0625. The van der Waals surface area contributed by atoms with Crippen LogP contribution in [-0.4, -0.2) is 25.8 Å². The zero-order valence-electron chi connectivity index (χ0n) is 12.9. The van der Waals surface area contributed by atoms with Gasteiger partial charge in [-0.3, -0.25) is 0 Å². The Bertz CT molecular complexity index is 931. The lowest BCUT2D eigenvalue weighted by atomic mass is 10.1. The van der Waals surface area contributed by atoms with E-state index >= 15 is 0 Å². The molecule has 3 aromatic rings. The van der Waals surface area contributed by atoms with Gasteiger partial charge in [0.25, 0.3) is 0 Å². The summed E-state index contributed by atoms with van der Waals surface area (Å²) in [7, 11) is 0. The molecule has 0 unspecified atom stereocenters. The van der Waals surface area contributed by atoms with Gasteiger partial charge in [0.15, 0.2) is 11.6 Å². The third-order valence-electron chi connectivity index (χ3n) is 3.24. The van der Waals surface area contributed by atoms with Gasteiger partial charge in [-0.2, -0.15) is 4.98 Å². The maximum atomic E-state index is 13.6. The van der Waals surface area contributed by atoms with E-state index in [2.05, 4.69) is 40.9 Å². The van der Waals surface area contributed by atoms with Gasteiger partial charge in [0.1, 0.15) is 12.2 Å². The molecule has 0 aliphatic carbocycles. The quantitative estimate of drug-likeness (QED) is 0.512. The van der Waals surface area contributed by atoms with Crippen molar-refractivity contribution < 1.29 is 4.39 Å². The molecule has 7 nitrogen and oxygen atoms in total.